The molecular weight excluding hydrogens is 228 g/mol. The number of nitrogens with one attached hydrogen (secondary N) is 1. The van der Waals surface area contributed by atoms with E-state index in [2.05, 4.69) is 30.7 Å². The molecule has 1 N–H and O–H groups in total. The van der Waals surface area contributed by atoms with Gasteiger partial charge in [-0.15, -0.1) is 0 Å². The molecule has 1 fully saturated rings. The second-order valence-corrected chi connectivity index (χ2v) is 5.86. The largest absolute Gasteiger partial charge is 0.490 e. The molecule has 4 nitrogen and oxygen atoms in total. The number of hydrogen-bond donors (Lipinski definition) is 1. The molecule has 2 rings (SSSR count). The predicted octanol–water partition coefficient (Wildman–Crippen LogP) is 2.02. The fourth-order valence-electron chi connectivity index (χ4n) is 2.34. The minimum absolute atomic E-state index is 0.111. The van der Waals surface area contributed by atoms with Crippen LogP contribution in [-0.4, -0.2) is 34.6 Å². The number of hydrogen-bond acceptors (Lipinski definition) is 3. The number of likely N-dealkylation sites (tertiary alicyclic amines) is 1. The molecule has 0 unspecified atom stereocenters. The molecule has 1 aromatic rings. The van der Waals surface area contributed by atoms with Crippen molar-refractivity contribution < 1.29 is 4.74 Å². The normalized spacial score (nSPS) is 18.8. The molecular formula is C14H22N2O2. The topological polar surface area (TPSA) is 45.3 Å². The van der Waals surface area contributed by atoms with Crippen LogP contribution in [0.3, 0.4) is 0 Å². The fraction of sp³-hybridized carbons (Fsp3) is 0.643. The Labute approximate surface area is 108 Å². The number of ether oxygens (including phenoxy) is 1. The number of H-pyrrole nitrogens is 1. The number of piperidine rings is 1. The van der Waals surface area contributed by atoms with Crippen LogP contribution in [-0.2, 0) is 0 Å². The van der Waals surface area contributed by atoms with E-state index in [0.717, 1.165) is 25.9 Å². The van der Waals surface area contributed by atoms with Crippen LogP contribution in [0.1, 0.15) is 33.6 Å². The monoisotopic (exact) mass is 250 g/mol. The van der Waals surface area contributed by atoms with Crippen molar-refractivity contribution in [2.45, 2.75) is 45.3 Å². The molecule has 0 amide bonds. The van der Waals surface area contributed by atoms with Crippen molar-refractivity contribution in [3.05, 3.63) is 28.7 Å². The number of pyridine rings is 1. The smallest absolute Gasteiger partial charge is 0.251 e. The fourth-order valence-corrected chi connectivity index (χ4v) is 2.34. The summed E-state index contributed by atoms with van der Waals surface area (Å²) in [5.41, 5.74) is 0.120. The van der Waals surface area contributed by atoms with Crippen molar-refractivity contribution in [3.8, 4) is 5.75 Å². The van der Waals surface area contributed by atoms with Gasteiger partial charge in [-0.05, 0) is 39.7 Å². The highest BCUT2D eigenvalue weighted by atomic mass is 16.5. The molecule has 100 valence electrons. The maximum atomic E-state index is 11.2. The van der Waals surface area contributed by atoms with E-state index >= 15 is 0 Å². The van der Waals surface area contributed by atoms with Crippen LogP contribution >= 0.6 is 0 Å². The summed E-state index contributed by atoms with van der Waals surface area (Å²) < 4.78 is 5.85. The first-order valence-electron chi connectivity index (χ1n) is 6.55. The molecule has 1 aliphatic heterocycles. The van der Waals surface area contributed by atoms with Gasteiger partial charge in [0.05, 0.1) is 0 Å². The zero-order chi connectivity index (χ0) is 13.2. The molecule has 1 aromatic heterocycles. The van der Waals surface area contributed by atoms with Crippen LogP contribution in [0.25, 0.3) is 0 Å². The highest BCUT2D eigenvalue weighted by Gasteiger charge is 2.27. The summed E-state index contributed by atoms with van der Waals surface area (Å²) in [6.07, 6.45) is 3.89. The Kier molecular flexibility index (Phi) is 3.76. The van der Waals surface area contributed by atoms with Crippen molar-refractivity contribution in [2.75, 3.05) is 13.1 Å². The van der Waals surface area contributed by atoms with Gasteiger partial charge in [0.2, 0.25) is 0 Å². The maximum Gasteiger partial charge on any atom is 0.251 e. The van der Waals surface area contributed by atoms with Crippen LogP contribution in [0, 0.1) is 0 Å². The Morgan fingerprint density at radius 1 is 1.33 bits per heavy atom. The molecule has 0 aliphatic carbocycles. The molecule has 0 atom stereocenters. The van der Waals surface area contributed by atoms with Gasteiger partial charge >= 0.3 is 0 Å². The van der Waals surface area contributed by atoms with E-state index < -0.39 is 0 Å². The third kappa shape index (κ3) is 3.35. The number of rotatable bonds is 2. The number of aromatic nitrogens is 1. The van der Waals surface area contributed by atoms with Crippen molar-refractivity contribution in [3.63, 3.8) is 0 Å². The highest BCUT2D eigenvalue weighted by Crippen LogP contribution is 2.22. The van der Waals surface area contributed by atoms with Gasteiger partial charge < -0.3 is 9.72 Å². The molecule has 0 saturated carbocycles. The average Bonchev–Trinajstić information content (AvgIpc) is 2.28. The summed E-state index contributed by atoms with van der Waals surface area (Å²) in [6.45, 7) is 8.83. The van der Waals surface area contributed by atoms with E-state index in [1.165, 1.54) is 6.07 Å². The van der Waals surface area contributed by atoms with E-state index in [9.17, 15) is 4.79 Å². The summed E-state index contributed by atoms with van der Waals surface area (Å²) in [4.78, 5) is 16.2. The zero-order valence-corrected chi connectivity index (χ0v) is 11.4. The first-order valence-corrected chi connectivity index (χ1v) is 6.55. The van der Waals surface area contributed by atoms with Crippen LogP contribution in [0.4, 0.5) is 0 Å². The first-order chi connectivity index (χ1) is 8.45. The van der Waals surface area contributed by atoms with Crippen LogP contribution in [0.5, 0.6) is 5.75 Å². The summed E-state index contributed by atoms with van der Waals surface area (Å²) in [7, 11) is 0. The Bertz CT molecular complexity index is 440. The van der Waals surface area contributed by atoms with Crippen molar-refractivity contribution in [1.29, 1.82) is 0 Å². The predicted molar refractivity (Wildman–Crippen MR) is 72.0 cm³/mol. The molecule has 0 aromatic carbocycles. The molecule has 1 aliphatic rings. The van der Waals surface area contributed by atoms with E-state index in [4.69, 9.17) is 4.74 Å². The lowest BCUT2D eigenvalue weighted by molar-refractivity contribution is 0.0491. The molecule has 1 saturated heterocycles. The molecule has 2 heterocycles. The van der Waals surface area contributed by atoms with Crippen LogP contribution in [0.2, 0.25) is 0 Å². The maximum absolute atomic E-state index is 11.2. The summed E-state index contributed by atoms with van der Waals surface area (Å²) in [5, 5.41) is 0. The number of aromatic amines is 1. The third-order valence-electron chi connectivity index (χ3n) is 3.44. The first kappa shape index (κ1) is 13.1. The second kappa shape index (κ2) is 5.14. The second-order valence-electron chi connectivity index (χ2n) is 5.86. The number of nitrogens with zero attached hydrogens (tertiary/aromatic N) is 1. The molecule has 18 heavy (non-hydrogen) atoms. The third-order valence-corrected chi connectivity index (χ3v) is 3.44. The Balaban J connectivity index is 1.89. The van der Waals surface area contributed by atoms with Crippen molar-refractivity contribution in [2.24, 2.45) is 0 Å². The van der Waals surface area contributed by atoms with Gasteiger partial charge in [0, 0.05) is 30.9 Å². The van der Waals surface area contributed by atoms with E-state index in [-0.39, 0.29) is 17.2 Å². The lowest BCUT2D eigenvalue weighted by atomic mass is 9.99. The molecule has 0 bridgehead atoms. The van der Waals surface area contributed by atoms with E-state index in [0.29, 0.717) is 5.75 Å². The minimum atomic E-state index is -0.111. The molecule has 4 heteroatoms. The van der Waals surface area contributed by atoms with E-state index in [1.807, 2.05) is 0 Å². The van der Waals surface area contributed by atoms with Gasteiger partial charge in [0.25, 0.3) is 5.56 Å². The quantitative estimate of drug-likeness (QED) is 0.873. The summed E-state index contributed by atoms with van der Waals surface area (Å²) in [6, 6.07) is 3.31. The van der Waals surface area contributed by atoms with Gasteiger partial charge in [-0.25, -0.2) is 0 Å². The minimum Gasteiger partial charge on any atom is -0.490 e. The van der Waals surface area contributed by atoms with Gasteiger partial charge in [-0.2, -0.15) is 0 Å². The standard InChI is InChI=1S/C14H22N2O2/c1-14(2,3)16-8-5-11(6-9-16)18-12-4-7-15-13(17)10-12/h4,7,10-11H,5-6,8-9H2,1-3H3,(H,15,17). The van der Waals surface area contributed by atoms with Gasteiger partial charge in [0.15, 0.2) is 0 Å². The van der Waals surface area contributed by atoms with Crippen molar-refractivity contribution in [1.82, 2.24) is 9.88 Å². The summed E-state index contributed by atoms with van der Waals surface area (Å²) in [5.74, 6) is 0.674. The van der Waals surface area contributed by atoms with Crippen LogP contribution < -0.4 is 10.3 Å². The Morgan fingerprint density at radius 3 is 2.56 bits per heavy atom. The van der Waals surface area contributed by atoms with Crippen molar-refractivity contribution >= 4 is 0 Å². The molecule has 0 radical (unpaired) electrons. The Hall–Kier alpha value is -1.29. The SMILES string of the molecule is CC(C)(C)N1CCC(Oc2cc[nH]c(=O)c2)CC1. The zero-order valence-electron chi connectivity index (χ0n) is 11.4. The Morgan fingerprint density at radius 2 is 2.00 bits per heavy atom. The van der Waals surface area contributed by atoms with Gasteiger partial charge in [-0.3, -0.25) is 9.69 Å². The molecule has 0 spiro atoms. The van der Waals surface area contributed by atoms with E-state index in [1.54, 1.807) is 12.3 Å². The highest BCUT2D eigenvalue weighted by molar-refractivity contribution is 5.17. The lowest BCUT2D eigenvalue weighted by Crippen LogP contribution is -2.48. The average molecular weight is 250 g/mol. The lowest BCUT2D eigenvalue weighted by Gasteiger charge is -2.40. The van der Waals surface area contributed by atoms with Gasteiger partial charge in [0.1, 0.15) is 11.9 Å². The van der Waals surface area contributed by atoms with Gasteiger partial charge in [-0.1, -0.05) is 0 Å². The van der Waals surface area contributed by atoms with Crippen LogP contribution in [0.15, 0.2) is 23.1 Å². The summed E-state index contributed by atoms with van der Waals surface area (Å²) >= 11 is 0.